The molecule has 0 saturated carbocycles. The molecule has 0 N–H and O–H groups in total. The van der Waals surface area contributed by atoms with Gasteiger partial charge in [-0.25, -0.2) is 8.42 Å². The molecule has 16 heteroatoms. The third-order valence-electron chi connectivity index (χ3n) is 6.25. The van der Waals surface area contributed by atoms with Crippen LogP contribution in [0.4, 0.5) is 35.1 Å². The summed E-state index contributed by atoms with van der Waals surface area (Å²) in [4.78, 5) is 12.3. The van der Waals surface area contributed by atoms with Gasteiger partial charge in [0.15, 0.2) is 0 Å². The topological polar surface area (TPSA) is 78.9 Å². The summed E-state index contributed by atoms with van der Waals surface area (Å²) in [6.07, 6.45) is -16.9. The van der Waals surface area contributed by atoms with E-state index in [-0.39, 0.29) is 11.3 Å². The minimum Gasteiger partial charge on any atom is -0.441 e. The van der Waals surface area contributed by atoms with Crippen LogP contribution in [0.3, 0.4) is 0 Å². The average molecular weight is 647 g/mol. The van der Waals surface area contributed by atoms with Crippen LogP contribution < -0.4 is 0 Å². The number of fused-ring (bicyclic) bond motifs is 1. The number of hydrogen-bond acceptors (Lipinski definition) is 6. The molecule has 1 aliphatic rings. The average Bonchev–Trinajstić information content (AvgIpc) is 3.32. The number of carbonyl (C=O) groups is 1. The Balaban J connectivity index is 1.74. The Kier molecular flexibility index (Phi) is 8.84. The zero-order valence-electron chi connectivity index (χ0n) is 21.2. The Labute approximate surface area is 236 Å². The molecule has 1 heterocycles. The first kappa shape index (κ1) is 32.0. The lowest BCUT2D eigenvalue weighted by Gasteiger charge is -2.38. The van der Waals surface area contributed by atoms with Crippen LogP contribution in [0.2, 0.25) is 0 Å². The van der Waals surface area contributed by atoms with Gasteiger partial charge in [-0.1, -0.05) is 64.9 Å². The Bertz CT molecular complexity index is 1520. The van der Waals surface area contributed by atoms with Crippen LogP contribution in [-0.2, 0) is 23.2 Å². The molecule has 0 amide bonds. The largest absolute Gasteiger partial charge is 0.441 e. The van der Waals surface area contributed by atoms with E-state index in [1.165, 1.54) is 42.5 Å². The highest BCUT2D eigenvalue weighted by Gasteiger charge is 2.68. The van der Waals surface area contributed by atoms with E-state index in [9.17, 15) is 39.6 Å². The van der Waals surface area contributed by atoms with E-state index in [2.05, 4.69) is 4.74 Å². The van der Waals surface area contributed by atoms with Crippen LogP contribution in [0.15, 0.2) is 77.7 Å². The lowest BCUT2D eigenvalue weighted by Crippen LogP contribution is -2.53. The molecule has 0 bridgehead atoms. The van der Waals surface area contributed by atoms with Crippen molar-refractivity contribution in [2.75, 3.05) is 18.1 Å². The minimum atomic E-state index is -6.57. The van der Waals surface area contributed by atoms with Crippen LogP contribution in [0, 0.1) is 0 Å². The Morgan fingerprint density at radius 1 is 0.881 bits per heavy atom. The molecule has 4 rings (SSSR count). The van der Waals surface area contributed by atoms with Crippen molar-refractivity contribution in [2.24, 2.45) is 0 Å². The molecule has 1 fully saturated rings. The number of esters is 1. The summed E-state index contributed by atoms with van der Waals surface area (Å²) < 4.78 is 151. The molecule has 0 aromatic heterocycles. The number of alkyl halides is 8. The van der Waals surface area contributed by atoms with E-state index in [1.807, 2.05) is 0 Å². The molecule has 3 aromatic rings. The zero-order chi connectivity index (χ0) is 31.0. The zero-order valence-corrected chi connectivity index (χ0v) is 22.8. The fourth-order valence-corrected chi connectivity index (χ4v) is 10.3. The van der Waals surface area contributed by atoms with Crippen molar-refractivity contribution in [1.82, 2.24) is 0 Å². The maximum Gasteiger partial charge on any atom is 0.432 e. The first-order valence-corrected chi connectivity index (χ1v) is 15.4. The molecule has 3 aromatic carbocycles. The summed E-state index contributed by atoms with van der Waals surface area (Å²) in [5, 5.41) is -5.07. The van der Waals surface area contributed by atoms with Crippen molar-refractivity contribution < 1.29 is 61.4 Å². The highest BCUT2D eigenvalue weighted by atomic mass is 32.3. The second-order valence-corrected chi connectivity index (χ2v) is 14.1. The van der Waals surface area contributed by atoms with Gasteiger partial charge < -0.3 is 9.47 Å². The van der Waals surface area contributed by atoms with Crippen LogP contribution >= 0.6 is 10.3 Å². The van der Waals surface area contributed by atoms with Crippen molar-refractivity contribution in [2.45, 2.75) is 41.1 Å². The second-order valence-electron chi connectivity index (χ2n) is 9.27. The van der Waals surface area contributed by atoms with Gasteiger partial charge in [0.05, 0.1) is 11.7 Å². The van der Waals surface area contributed by atoms with Crippen molar-refractivity contribution in [3.05, 3.63) is 78.4 Å². The molecule has 42 heavy (non-hydrogen) atoms. The van der Waals surface area contributed by atoms with E-state index in [1.54, 1.807) is 18.2 Å². The fourth-order valence-electron chi connectivity index (χ4n) is 4.37. The molecule has 3 unspecified atom stereocenters. The summed E-state index contributed by atoms with van der Waals surface area (Å²) in [6.45, 7) is -1.72. The molecule has 0 radical (unpaired) electrons. The number of rotatable bonds is 9. The lowest BCUT2D eigenvalue weighted by molar-refractivity contribution is -0.247. The van der Waals surface area contributed by atoms with E-state index in [0.717, 1.165) is 12.1 Å². The van der Waals surface area contributed by atoms with E-state index in [4.69, 9.17) is 8.37 Å². The molecule has 3 atom stereocenters. The maximum atomic E-state index is 15.4. The van der Waals surface area contributed by atoms with Gasteiger partial charge in [-0.05, 0) is 35.4 Å². The second kappa shape index (κ2) is 11.6. The third kappa shape index (κ3) is 6.82. The number of carbonyl (C=O) groups excluding carboxylic acids is 1. The predicted molar refractivity (Wildman–Crippen MR) is 137 cm³/mol. The van der Waals surface area contributed by atoms with E-state index < -0.39 is 79.9 Å². The first-order chi connectivity index (χ1) is 19.5. The molecule has 0 spiro atoms. The van der Waals surface area contributed by atoms with Gasteiger partial charge in [0.2, 0.25) is 0 Å². The Hall–Kier alpha value is -2.95. The predicted octanol–water partition coefficient (Wildman–Crippen LogP) is 7.00. The highest BCUT2D eigenvalue weighted by Crippen LogP contribution is 2.65. The SMILES string of the molecule is O=C(OC(C(F)(F)F)C(F)(F)S(=O)(=O)OS1(c2cccc3ccccc23)CCC(OCC(F)(F)F)C1)c1ccccc1. The molecular formula is C26H22F8O6S2. The van der Waals surface area contributed by atoms with Gasteiger partial charge >= 0.3 is 33.7 Å². The molecule has 1 saturated heterocycles. The normalized spacial score (nSPS) is 22.4. The quantitative estimate of drug-likeness (QED) is 0.184. The summed E-state index contributed by atoms with van der Waals surface area (Å²) in [7, 11) is -10.1. The van der Waals surface area contributed by atoms with Crippen molar-refractivity contribution >= 4 is 37.2 Å². The van der Waals surface area contributed by atoms with Gasteiger partial charge in [-0.15, -0.1) is 0 Å². The number of halogens is 8. The van der Waals surface area contributed by atoms with Crippen molar-refractivity contribution in [3.8, 4) is 0 Å². The molecule has 230 valence electrons. The monoisotopic (exact) mass is 646 g/mol. The maximum absolute atomic E-state index is 15.4. The standard InChI is InChI=1S/C26H22F8O6S2/c27-24(28,29)16-38-19-13-14-41(15-19,21-12-6-10-17-7-4-5-11-20(17)21)40-42(36,37)26(33,34)23(25(30,31)32)39-22(35)18-8-2-1-3-9-18/h1-12,19,23H,13-16H2. The number of benzene rings is 3. The van der Waals surface area contributed by atoms with Crippen LogP contribution in [0.5, 0.6) is 0 Å². The van der Waals surface area contributed by atoms with Gasteiger partial charge in [-0.2, -0.15) is 43.5 Å². The summed E-state index contributed by atoms with van der Waals surface area (Å²) in [6, 6.07) is 16.3. The minimum absolute atomic E-state index is 0.0166. The van der Waals surface area contributed by atoms with Gasteiger partial charge in [0.1, 0.15) is 6.61 Å². The molecule has 1 aliphatic heterocycles. The summed E-state index contributed by atoms with van der Waals surface area (Å²) in [5.41, 5.74) is -0.556. The summed E-state index contributed by atoms with van der Waals surface area (Å²) in [5.74, 6) is -2.92. The van der Waals surface area contributed by atoms with Crippen LogP contribution in [-0.4, -0.2) is 62.3 Å². The third-order valence-corrected chi connectivity index (χ3v) is 11.9. The van der Waals surface area contributed by atoms with E-state index in [0.29, 0.717) is 10.8 Å². The van der Waals surface area contributed by atoms with E-state index >= 15 is 8.78 Å². The van der Waals surface area contributed by atoms with Crippen LogP contribution in [0.25, 0.3) is 10.8 Å². The highest BCUT2D eigenvalue weighted by molar-refractivity contribution is 8.33. The number of ether oxygens (including phenoxy) is 2. The smallest absolute Gasteiger partial charge is 0.432 e. The molecular weight excluding hydrogens is 624 g/mol. The van der Waals surface area contributed by atoms with Crippen molar-refractivity contribution in [3.63, 3.8) is 0 Å². The Morgan fingerprint density at radius 2 is 1.50 bits per heavy atom. The van der Waals surface area contributed by atoms with Gasteiger partial charge in [0, 0.05) is 16.4 Å². The Morgan fingerprint density at radius 3 is 2.14 bits per heavy atom. The van der Waals surface area contributed by atoms with Crippen LogP contribution in [0.1, 0.15) is 16.8 Å². The summed E-state index contributed by atoms with van der Waals surface area (Å²) >= 11 is 0. The number of hydrogen-bond donors (Lipinski definition) is 0. The van der Waals surface area contributed by atoms with Gasteiger partial charge in [-0.3, -0.25) is 0 Å². The fraction of sp³-hybridized carbons (Fsp3) is 0.346. The van der Waals surface area contributed by atoms with Gasteiger partial charge in [0.25, 0.3) is 6.10 Å². The lowest BCUT2D eigenvalue weighted by atomic mass is 10.1. The first-order valence-electron chi connectivity index (χ1n) is 12.1. The molecule has 0 aliphatic carbocycles. The molecule has 6 nitrogen and oxygen atoms in total. The van der Waals surface area contributed by atoms with Crippen molar-refractivity contribution in [1.29, 1.82) is 0 Å².